The van der Waals surface area contributed by atoms with Crippen LogP contribution in [-0.4, -0.2) is 25.7 Å². The standard InChI is InChI=1S/C11H17ClN2O3S/c1-3-11(2,7-15)14-18(16,17)10-5-4-8(12)6-9(10)13/h4-6,14-15H,3,7,13H2,1-2H3. The van der Waals surface area contributed by atoms with Crippen LogP contribution in [0.3, 0.4) is 0 Å². The van der Waals surface area contributed by atoms with Gasteiger partial charge in [-0.1, -0.05) is 18.5 Å². The van der Waals surface area contributed by atoms with Crippen molar-refractivity contribution in [2.45, 2.75) is 30.7 Å². The molecule has 0 amide bonds. The van der Waals surface area contributed by atoms with Crippen molar-refractivity contribution < 1.29 is 13.5 Å². The second kappa shape index (κ2) is 5.44. The molecule has 0 aliphatic heterocycles. The van der Waals surface area contributed by atoms with Crippen LogP contribution in [0.1, 0.15) is 20.3 Å². The van der Waals surface area contributed by atoms with Crippen molar-refractivity contribution in [3.63, 3.8) is 0 Å². The van der Waals surface area contributed by atoms with Crippen LogP contribution in [0.25, 0.3) is 0 Å². The van der Waals surface area contributed by atoms with Crippen LogP contribution in [0.4, 0.5) is 5.69 Å². The Hall–Kier alpha value is -0.820. The van der Waals surface area contributed by atoms with Gasteiger partial charge >= 0.3 is 0 Å². The number of sulfonamides is 1. The van der Waals surface area contributed by atoms with E-state index in [1.54, 1.807) is 13.8 Å². The Kier molecular flexibility index (Phi) is 4.61. The number of aliphatic hydroxyl groups excluding tert-OH is 1. The normalized spacial score (nSPS) is 15.3. The number of rotatable bonds is 5. The van der Waals surface area contributed by atoms with E-state index in [1.165, 1.54) is 18.2 Å². The minimum absolute atomic E-state index is 0.0416. The van der Waals surface area contributed by atoms with Gasteiger partial charge in [-0.2, -0.15) is 0 Å². The molecule has 1 aromatic carbocycles. The maximum atomic E-state index is 12.2. The molecule has 0 aliphatic rings. The summed E-state index contributed by atoms with van der Waals surface area (Å²) in [6, 6.07) is 4.17. The molecule has 0 spiro atoms. The van der Waals surface area contributed by atoms with Gasteiger partial charge in [-0.25, -0.2) is 13.1 Å². The Morgan fingerprint density at radius 2 is 2.11 bits per heavy atom. The molecule has 0 radical (unpaired) electrons. The first-order chi connectivity index (χ1) is 8.24. The van der Waals surface area contributed by atoms with Gasteiger partial charge in [-0.15, -0.1) is 0 Å². The van der Waals surface area contributed by atoms with E-state index in [4.69, 9.17) is 17.3 Å². The first-order valence-electron chi connectivity index (χ1n) is 5.44. The van der Waals surface area contributed by atoms with Gasteiger partial charge in [0, 0.05) is 5.02 Å². The number of hydrogen-bond donors (Lipinski definition) is 3. The number of halogens is 1. The third kappa shape index (κ3) is 3.35. The van der Waals surface area contributed by atoms with Crippen molar-refractivity contribution in [2.24, 2.45) is 0 Å². The number of anilines is 1. The highest BCUT2D eigenvalue weighted by atomic mass is 35.5. The van der Waals surface area contributed by atoms with E-state index in [1.807, 2.05) is 0 Å². The van der Waals surface area contributed by atoms with Gasteiger partial charge in [0.1, 0.15) is 4.90 Å². The summed E-state index contributed by atoms with van der Waals surface area (Å²) in [6.07, 6.45) is 0.455. The number of nitrogen functional groups attached to an aromatic ring is 1. The van der Waals surface area contributed by atoms with Crippen LogP contribution in [0.15, 0.2) is 23.1 Å². The van der Waals surface area contributed by atoms with Crippen molar-refractivity contribution in [3.8, 4) is 0 Å². The molecule has 1 unspecified atom stereocenters. The molecule has 0 saturated carbocycles. The molecule has 0 saturated heterocycles. The molecule has 1 atom stereocenters. The zero-order chi connectivity index (χ0) is 14.0. The van der Waals surface area contributed by atoms with Gasteiger partial charge in [0.05, 0.1) is 17.8 Å². The second-order valence-electron chi connectivity index (χ2n) is 4.36. The molecule has 18 heavy (non-hydrogen) atoms. The number of nitrogens with one attached hydrogen (secondary N) is 1. The molecular formula is C11H17ClN2O3S. The molecule has 0 aromatic heterocycles. The molecule has 4 N–H and O–H groups in total. The summed E-state index contributed by atoms with van der Waals surface area (Å²) >= 11 is 5.72. The number of benzene rings is 1. The molecule has 1 aromatic rings. The lowest BCUT2D eigenvalue weighted by molar-refractivity contribution is 0.191. The summed E-state index contributed by atoms with van der Waals surface area (Å²) in [7, 11) is -3.78. The van der Waals surface area contributed by atoms with Crippen LogP contribution >= 0.6 is 11.6 Å². The smallest absolute Gasteiger partial charge is 0.243 e. The molecule has 7 heteroatoms. The molecule has 5 nitrogen and oxygen atoms in total. The maximum absolute atomic E-state index is 12.2. The fourth-order valence-corrected chi connectivity index (χ4v) is 3.12. The molecule has 0 heterocycles. The van der Waals surface area contributed by atoms with E-state index >= 15 is 0 Å². The third-order valence-corrected chi connectivity index (χ3v) is 4.72. The predicted molar refractivity (Wildman–Crippen MR) is 72.0 cm³/mol. The molecule has 0 fully saturated rings. The molecule has 1 rings (SSSR count). The van der Waals surface area contributed by atoms with Gasteiger partial charge in [-0.3, -0.25) is 0 Å². The Balaban J connectivity index is 3.15. The predicted octanol–water partition coefficient (Wildman–Crippen LogP) is 1.36. The van der Waals surface area contributed by atoms with Crippen LogP contribution in [0.2, 0.25) is 5.02 Å². The third-order valence-electron chi connectivity index (χ3n) is 2.77. The fraction of sp³-hybridized carbons (Fsp3) is 0.455. The van der Waals surface area contributed by atoms with E-state index < -0.39 is 15.6 Å². The van der Waals surface area contributed by atoms with Crippen molar-refractivity contribution in [2.75, 3.05) is 12.3 Å². The first-order valence-corrected chi connectivity index (χ1v) is 7.30. The number of hydrogen-bond acceptors (Lipinski definition) is 4. The van der Waals surface area contributed by atoms with Crippen molar-refractivity contribution >= 4 is 27.3 Å². The van der Waals surface area contributed by atoms with Gasteiger partial charge in [0.15, 0.2) is 0 Å². The summed E-state index contributed by atoms with van der Waals surface area (Å²) < 4.78 is 26.7. The maximum Gasteiger partial charge on any atom is 0.243 e. The van der Waals surface area contributed by atoms with Crippen molar-refractivity contribution in [1.82, 2.24) is 4.72 Å². The van der Waals surface area contributed by atoms with E-state index in [2.05, 4.69) is 4.72 Å². The van der Waals surface area contributed by atoms with E-state index in [9.17, 15) is 13.5 Å². The minimum Gasteiger partial charge on any atom is -0.398 e. The van der Waals surface area contributed by atoms with Gasteiger partial charge in [0.2, 0.25) is 10.0 Å². The summed E-state index contributed by atoms with van der Waals surface area (Å²) in [4.78, 5) is -0.0416. The van der Waals surface area contributed by atoms with Crippen LogP contribution in [0.5, 0.6) is 0 Å². The SMILES string of the molecule is CCC(C)(CO)NS(=O)(=O)c1ccc(Cl)cc1N. The molecule has 0 aliphatic carbocycles. The zero-order valence-electron chi connectivity index (χ0n) is 10.3. The fourth-order valence-electron chi connectivity index (χ4n) is 1.36. The Morgan fingerprint density at radius 1 is 1.50 bits per heavy atom. The van der Waals surface area contributed by atoms with Gasteiger partial charge in [-0.05, 0) is 31.5 Å². The van der Waals surface area contributed by atoms with Crippen LogP contribution < -0.4 is 10.5 Å². The van der Waals surface area contributed by atoms with Crippen LogP contribution in [-0.2, 0) is 10.0 Å². The lowest BCUT2D eigenvalue weighted by atomic mass is 10.0. The quantitative estimate of drug-likeness (QED) is 0.715. The second-order valence-corrected chi connectivity index (χ2v) is 6.45. The Labute approximate surface area is 112 Å². The molecular weight excluding hydrogens is 276 g/mol. The lowest BCUT2D eigenvalue weighted by Gasteiger charge is -2.27. The highest BCUT2D eigenvalue weighted by Gasteiger charge is 2.29. The van der Waals surface area contributed by atoms with Gasteiger partial charge in [0.25, 0.3) is 0 Å². The average Bonchev–Trinajstić information content (AvgIpc) is 2.27. The topological polar surface area (TPSA) is 92.4 Å². The van der Waals surface area contributed by atoms with E-state index in [-0.39, 0.29) is 17.2 Å². The summed E-state index contributed by atoms with van der Waals surface area (Å²) in [6.45, 7) is 3.11. The number of aliphatic hydroxyl groups is 1. The lowest BCUT2D eigenvalue weighted by Crippen LogP contribution is -2.48. The van der Waals surface area contributed by atoms with E-state index in [0.717, 1.165) is 0 Å². The summed E-state index contributed by atoms with van der Waals surface area (Å²) in [5, 5.41) is 9.60. The summed E-state index contributed by atoms with van der Waals surface area (Å²) in [5.41, 5.74) is 4.81. The Bertz CT molecular complexity index is 527. The minimum atomic E-state index is -3.78. The molecule has 0 bridgehead atoms. The highest BCUT2D eigenvalue weighted by molar-refractivity contribution is 7.89. The monoisotopic (exact) mass is 292 g/mol. The zero-order valence-corrected chi connectivity index (χ0v) is 11.8. The van der Waals surface area contributed by atoms with Crippen molar-refractivity contribution in [3.05, 3.63) is 23.2 Å². The largest absolute Gasteiger partial charge is 0.398 e. The Morgan fingerprint density at radius 3 is 2.56 bits per heavy atom. The van der Waals surface area contributed by atoms with Crippen LogP contribution in [0, 0.1) is 0 Å². The first kappa shape index (κ1) is 15.2. The highest BCUT2D eigenvalue weighted by Crippen LogP contribution is 2.24. The summed E-state index contributed by atoms with van der Waals surface area (Å²) in [5.74, 6) is 0. The number of nitrogens with two attached hydrogens (primary N) is 1. The molecule has 102 valence electrons. The van der Waals surface area contributed by atoms with Crippen molar-refractivity contribution in [1.29, 1.82) is 0 Å². The van der Waals surface area contributed by atoms with E-state index in [0.29, 0.717) is 11.4 Å². The van der Waals surface area contributed by atoms with Gasteiger partial charge < -0.3 is 10.8 Å². The average molecular weight is 293 g/mol.